The monoisotopic (exact) mass is 400 g/mol. The highest BCUT2D eigenvalue weighted by molar-refractivity contribution is 4.99. The number of unbranched alkanes of at least 4 members (excludes halogenated alkanes) is 12. The zero-order chi connectivity index (χ0) is 20.7. The van der Waals surface area contributed by atoms with Crippen LogP contribution < -0.4 is 0 Å². The second kappa shape index (κ2) is 15.4. The predicted octanol–water partition coefficient (Wildman–Crippen LogP) is 4.22. The highest BCUT2D eigenvalue weighted by atomic mass is 16.7. The Kier molecular flexibility index (Phi) is 14.1. The standard InChI is InChI=1S/C23H44O5/c1-2-3-4-5-6-7-8-9-10-11-12-13-14-15-16-17-18-23(27)21(25)20(19-24)28-22(23)26/h9-10,20-22,24-27H,2-8,11-19H2,1H3/t20-,21+,22?,23-/m1/s1. The molecule has 0 saturated carbocycles. The minimum atomic E-state index is -1.66. The molecule has 1 heterocycles. The molecular weight excluding hydrogens is 356 g/mol. The van der Waals surface area contributed by atoms with Gasteiger partial charge >= 0.3 is 0 Å². The Bertz CT molecular complexity index is 400. The van der Waals surface area contributed by atoms with E-state index in [1.807, 2.05) is 0 Å². The molecule has 0 aromatic rings. The second-order valence-corrected chi connectivity index (χ2v) is 8.33. The van der Waals surface area contributed by atoms with E-state index in [1.54, 1.807) is 0 Å². The Balaban J connectivity index is 1.92. The fourth-order valence-corrected chi connectivity index (χ4v) is 3.90. The highest BCUT2D eigenvalue weighted by Gasteiger charge is 2.53. The third-order valence-corrected chi connectivity index (χ3v) is 5.86. The third kappa shape index (κ3) is 9.36. The minimum Gasteiger partial charge on any atom is -0.394 e. The number of ether oxygens (including phenoxy) is 1. The van der Waals surface area contributed by atoms with Crippen molar-refractivity contribution in [1.82, 2.24) is 0 Å². The van der Waals surface area contributed by atoms with Crippen molar-refractivity contribution in [2.45, 2.75) is 127 Å². The molecule has 0 aromatic heterocycles. The van der Waals surface area contributed by atoms with Crippen LogP contribution in [-0.2, 0) is 4.74 Å². The molecule has 0 spiro atoms. The average molecular weight is 401 g/mol. The van der Waals surface area contributed by atoms with E-state index in [4.69, 9.17) is 9.84 Å². The maximum absolute atomic E-state index is 10.4. The summed E-state index contributed by atoms with van der Waals surface area (Å²) in [6.07, 6.45) is 18.3. The molecular formula is C23H44O5. The molecule has 166 valence electrons. The zero-order valence-corrected chi connectivity index (χ0v) is 17.9. The molecule has 0 bridgehead atoms. The number of rotatable bonds is 17. The van der Waals surface area contributed by atoms with Gasteiger partial charge in [-0.05, 0) is 32.1 Å². The molecule has 4 N–H and O–H groups in total. The largest absolute Gasteiger partial charge is 0.394 e. The van der Waals surface area contributed by atoms with Crippen molar-refractivity contribution in [2.24, 2.45) is 0 Å². The van der Waals surface area contributed by atoms with Gasteiger partial charge in [0, 0.05) is 0 Å². The molecule has 1 aliphatic heterocycles. The van der Waals surface area contributed by atoms with Crippen LogP contribution in [0.4, 0.5) is 0 Å². The lowest BCUT2D eigenvalue weighted by atomic mass is 9.89. The number of aliphatic hydroxyl groups is 4. The second-order valence-electron chi connectivity index (χ2n) is 8.33. The molecule has 0 aliphatic carbocycles. The summed E-state index contributed by atoms with van der Waals surface area (Å²) in [5.74, 6) is 0. The van der Waals surface area contributed by atoms with E-state index in [1.165, 1.54) is 64.2 Å². The average Bonchev–Trinajstić information content (AvgIpc) is 2.91. The Morgan fingerprint density at radius 3 is 1.79 bits per heavy atom. The van der Waals surface area contributed by atoms with Gasteiger partial charge in [0.05, 0.1) is 6.61 Å². The maximum atomic E-state index is 10.4. The molecule has 1 saturated heterocycles. The van der Waals surface area contributed by atoms with Crippen LogP contribution in [0.3, 0.4) is 0 Å². The lowest BCUT2D eigenvalue weighted by Crippen LogP contribution is -2.48. The summed E-state index contributed by atoms with van der Waals surface area (Å²) in [5, 5.41) is 39.3. The lowest BCUT2D eigenvalue weighted by Gasteiger charge is -2.28. The summed E-state index contributed by atoms with van der Waals surface area (Å²) in [4.78, 5) is 0. The van der Waals surface area contributed by atoms with Crippen LogP contribution >= 0.6 is 0 Å². The van der Waals surface area contributed by atoms with Gasteiger partial charge in [0.1, 0.15) is 17.8 Å². The van der Waals surface area contributed by atoms with Crippen LogP contribution in [0.1, 0.15) is 103 Å². The van der Waals surface area contributed by atoms with E-state index in [0.717, 1.165) is 25.7 Å². The first-order valence-electron chi connectivity index (χ1n) is 11.6. The van der Waals surface area contributed by atoms with Crippen LogP contribution in [-0.4, -0.2) is 51.1 Å². The minimum absolute atomic E-state index is 0.285. The fraction of sp³-hybridized carbons (Fsp3) is 0.913. The number of allylic oxidation sites excluding steroid dienone is 2. The zero-order valence-electron chi connectivity index (χ0n) is 17.9. The van der Waals surface area contributed by atoms with Crippen LogP contribution in [0.25, 0.3) is 0 Å². The first kappa shape index (κ1) is 25.6. The topological polar surface area (TPSA) is 90.2 Å². The lowest BCUT2D eigenvalue weighted by molar-refractivity contribution is -0.180. The van der Waals surface area contributed by atoms with Crippen LogP contribution in [0.2, 0.25) is 0 Å². The Labute approximate surface area is 171 Å². The van der Waals surface area contributed by atoms with E-state index < -0.39 is 30.7 Å². The summed E-state index contributed by atoms with van der Waals surface area (Å²) < 4.78 is 5.02. The van der Waals surface area contributed by atoms with Gasteiger partial charge in [-0.2, -0.15) is 0 Å². The van der Waals surface area contributed by atoms with E-state index in [-0.39, 0.29) is 6.42 Å². The quantitative estimate of drug-likeness (QED) is 0.217. The molecule has 28 heavy (non-hydrogen) atoms. The van der Waals surface area contributed by atoms with Crippen LogP contribution in [0.15, 0.2) is 12.2 Å². The van der Waals surface area contributed by atoms with Crippen molar-refractivity contribution < 1.29 is 25.2 Å². The molecule has 4 atom stereocenters. The van der Waals surface area contributed by atoms with Crippen molar-refractivity contribution in [2.75, 3.05) is 6.61 Å². The Morgan fingerprint density at radius 1 is 0.786 bits per heavy atom. The van der Waals surface area contributed by atoms with Gasteiger partial charge in [-0.15, -0.1) is 0 Å². The van der Waals surface area contributed by atoms with Gasteiger partial charge in [0.25, 0.3) is 0 Å². The predicted molar refractivity (Wildman–Crippen MR) is 113 cm³/mol. The fourth-order valence-electron chi connectivity index (χ4n) is 3.90. The first-order valence-corrected chi connectivity index (χ1v) is 11.6. The van der Waals surface area contributed by atoms with Gasteiger partial charge in [0.2, 0.25) is 0 Å². The summed E-state index contributed by atoms with van der Waals surface area (Å²) in [7, 11) is 0. The van der Waals surface area contributed by atoms with Gasteiger partial charge in [-0.25, -0.2) is 0 Å². The molecule has 1 rings (SSSR count). The van der Waals surface area contributed by atoms with E-state index >= 15 is 0 Å². The number of hydrogen-bond acceptors (Lipinski definition) is 5. The van der Waals surface area contributed by atoms with Gasteiger partial charge in [-0.3, -0.25) is 0 Å². The number of hydrogen-bond donors (Lipinski definition) is 4. The maximum Gasteiger partial charge on any atom is 0.186 e. The van der Waals surface area contributed by atoms with E-state index in [9.17, 15) is 15.3 Å². The highest BCUT2D eigenvalue weighted by Crippen LogP contribution is 2.34. The van der Waals surface area contributed by atoms with Crippen molar-refractivity contribution >= 4 is 0 Å². The Morgan fingerprint density at radius 2 is 1.29 bits per heavy atom. The van der Waals surface area contributed by atoms with Crippen LogP contribution in [0.5, 0.6) is 0 Å². The third-order valence-electron chi connectivity index (χ3n) is 5.86. The molecule has 1 aliphatic rings. The first-order chi connectivity index (χ1) is 13.6. The molecule has 0 amide bonds. The molecule has 0 radical (unpaired) electrons. The normalized spacial score (nSPS) is 27.8. The van der Waals surface area contributed by atoms with Crippen molar-refractivity contribution in [3.05, 3.63) is 12.2 Å². The van der Waals surface area contributed by atoms with Gasteiger partial charge in [0.15, 0.2) is 6.29 Å². The molecule has 5 nitrogen and oxygen atoms in total. The van der Waals surface area contributed by atoms with Gasteiger partial charge in [-0.1, -0.05) is 83.3 Å². The summed E-state index contributed by atoms with van der Waals surface area (Å²) >= 11 is 0. The molecule has 1 unspecified atom stereocenters. The molecule has 0 aromatic carbocycles. The summed E-state index contributed by atoms with van der Waals surface area (Å²) in [6, 6.07) is 0. The van der Waals surface area contributed by atoms with Gasteiger partial charge < -0.3 is 25.2 Å². The Hall–Kier alpha value is -0.460. The van der Waals surface area contributed by atoms with Crippen molar-refractivity contribution in [1.29, 1.82) is 0 Å². The molecule has 1 fully saturated rings. The number of aliphatic hydroxyl groups excluding tert-OH is 3. The van der Waals surface area contributed by atoms with E-state index in [0.29, 0.717) is 0 Å². The van der Waals surface area contributed by atoms with Crippen molar-refractivity contribution in [3.63, 3.8) is 0 Å². The van der Waals surface area contributed by atoms with Crippen molar-refractivity contribution in [3.8, 4) is 0 Å². The molecule has 5 heteroatoms. The smallest absolute Gasteiger partial charge is 0.186 e. The van der Waals surface area contributed by atoms with E-state index in [2.05, 4.69) is 19.1 Å². The summed E-state index contributed by atoms with van der Waals surface area (Å²) in [5.41, 5.74) is -1.66. The SMILES string of the molecule is CCCCCCCCC=CCCCCCCCC[C@]1(O)C(O)O[C@H](CO)[C@@H]1O. The summed E-state index contributed by atoms with van der Waals surface area (Å²) in [6.45, 7) is 1.84. The van der Waals surface area contributed by atoms with Crippen LogP contribution in [0, 0.1) is 0 Å².